The maximum absolute atomic E-state index is 4.52. The Kier molecular flexibility index (Phi) is 4.16. The lowest BCUT2D eigenvalue weighted by molar-refractivity contribution is 0.419. The molecule has 2 heteroatoms. The lowest BCUT2D eigenvalue weighted by Gasteiger charge is -2.21. The quantitative estimate of drug-likeness (QED) is 0.740. The smallest absolute Gasteiger partial charge is 0.127 e. The summed E-state index contributed by atoms with van der Waals surface area (Å²) in [5.74, 6) is 0.833. The van der Waals surface area contributed by atoms with Crippen molar-refractivity contribution in [1.82, 2.24) is 4.98 Å². The Morgan fingerprint density at radius 1 is 1.18 bits per heavy atom. The van der Waals surface area contributed by atoms with Gasteiger partial charge in [-0.2, -0.15) is 0 Å². The normalized spacial score (nSPS) is 18.7. The predicted octanol–water partition coefficient (Wildman–Crippen LogP) is 3.67. The molecule has 1 aromatic rings. The first-order valence-corrected chi connectivity index (χ1v) is 9.87. The van der Waals surface area contributed by atoms with E-state index < -0.39 is 8.07 Å². The minimum atomic E-state index is -1.46. The Balaban J connectivity index is 2.03. The molecule has 1 saturated carbocycles. The molecule has 0 radical (unpaired) electrons. The van der Waals surface area contributed by atoms with Crippen molar-refractivity contribution in [2.24, 2.45) is 5.92 Å². The van der Waals surface area contributed by atoms with Crippen molar-refractivity contribution in [3.8, 4) is 0 Å². The number of hydrogen-bond acceptors (Lipinski definition) is 1. The molecule has 1 aromatic heterocycles. The van der Waals surface area contributed by atoms with Crippen LogP contribution in [0.1, 0.15) is 32.1 Å². The largest absolute Gasteiger partial charge is 0.266 e. The molecule has 0 aliphatic heterocycles. The van der Waals surface area contributed by atoms with E-state index in [4.69, 9.17) is 0 Å². The second-order valence-corrected chi connectivity index (χ2v) is 9.98. The highest BCUT2D eigenvalue weighted by Crippen LogP contribution is 2.25. The molecule has 0 saturated heterocycles. The first-order valence-electron chi connectivity index (χ1n) is 6.79. The highest BCUT2D eigenvalue weighted by molar-refractivity contribution is 6.93. The summed E-state index contributed by atoms with van der Waals surface area (Å²) in [5, 5.41) is 1.30. The minimum Gasteiger partial charge on any atom is -0.266 e. The van der Waals surface area contributed by atoms with Gasteiger partial charge in [-0.3, -0.25) is 4.98 Å². The summed E-state index contributed by atoms with van der Waals surface area (Å²) in [7, 11) is -1.46. The summed E-state index contributed by atoms with van der Waals surface area (Å²) in [5.41, 5.74) is 2.49. The first kappa shape index (κ1) is 12.6. The van der Waals surface area contributed by atoms with Crippen LogP contribution in [0.2, 0.25) is 13.1 Å². The molecule has 17 heavy (non-hydrogen) atoms. The zero-order valence-corrected chi connectivity index (χ0v) is 12.0. The van der Waals surface area contributed by atoms with Gasteiger partial charge in [-0.15, -0.1) is 0 Å². The molecule has 1 heterocycles. The van der Waals surface area contributed by atoms with Crippen molar-refractivity contribution >= 4 is 13.4 Å². The minimum absolute atomic E-state index is 0.833. The Morgan fingerprint density at radius 3 is 2.59 bits per heavy atom. The van der Waals surface area contributed by atoms with Gasteiger partial charge in [-0.25, -0.2) is 0 Å². The van der Waals surface area contributed by atoms with Gasteiger partial charge in [0, 0.05) is 11.5 Å². The molecule has 1 nitrogen and oxygen atoms in total. The van der Waals surface area contributed by atoms with Crippen LogP contribution in [0.3, 0.4) is 0 Å². The fraction of sp³-hybridized carbons (Fsp3) is 0.533. The third kappa shape index (κ3) is 3.53. The van der Waals surface area contributed by atoms with Crippen LogP contribution in [0.15, 0.2) is 36.2 Å². The number of nitrogens with zero attached hydrogens (tertiary/aromatic N) is 1. The summed E-state index contributed by atoms with van der Waals surface area (Å²) in [6.07, 6.45) is 11.5. The molecule has 0 N–H and O–H groups in total. The van der Waals surface area contributed by atoms with Crippen molar-refractivity contribution in [2.45, 2.75) is 45.2 Å². The van der Waals surface area contributed by atoms with E-state index >= 15 is 0 Å². The standard InChI is InChI=1S/C15H23NSi/c1-17(2,15-10-6-7-12-16-15)13-11-14-8-4-3-5-9-14/h6-7,10-14H,3-5,8-9H2,1-2H3/b13-11+. The fourth-order valence-electron chi connectivity index (χ4n) is 2.53. The molecule has 92 valence electrons. The van der Waals surface area contributed by atoms with Crippen molar-refractivity contribution in [3.05, 3.63) is 36.2 Å². The van der Waals surface area contributed by atoms with Crippen LogP contribution in [-0.4, -0.2) is 13.1 Å². The van der Waals surface area contributed by atoms with Gasteiger partial charge in [0.05, 0.1) is 0 Å². The summed E-state index contributed by atoms with van der Waals surface area (Å²) in [6, 6.07) is 6.28. The fourth-order valence-corrected chi connectivity index (χ4v) is 4.39. The van der Waals surface area contributed by atoms with E-state index in [1.807, 2.05) is 12.3 Å². The Morgan fingerprint density at radius 2 is 1.94 bits per heavy atom. The second kappa shape index (κ2) is 5.63. The Bertz CT molecular complexity index is 364. The Labute approximate surface area is 106 Å². The number of pyridine rings is 1. The van der Waals surface area contributed by atoms with Gasteiger partial charge in [0.1, 0.15) is 8.07 Å². The number of rotatable bonds is 3. The van der Waals surface area contributed by atoms with Crippen LogP contribution >= 0.6 is 0 Å². The summed E-state index contributed by atoms with van der Waals surface area (Å²) >= 11 is 0. The van der Waals surface area contributed by atoms with Crippen molar-refractivity contribution in [2.75, 3.05) is 0 Å². The molecule has 0 aromatic carbocycles. The van der Waals surface area contributed by atoms with Crippen LogP contribution in [0, 0.1) is 5.92 Å². The van der Waals surface area contributed by atoms with E-state index in [0.717, 1.165) is 5.92 Å². The van der Waals surface area contributed by atoms with Gasteiger partial charge >= 0.3 is 0 Å². The van der Waals surface area contributed by atoms with Crippen molar-refractivity contribution in [1.29, 1.82) is 0 Å². The highest BCUT2D eigenvalue weighted by atomic mass is 28.3. The maximum atomic E-state index is 4.52. The van der Waals surface area contributed by atoms with Crippen molar-refractivity contribution in [3.63, 3.8) is 0 Å². The summed E-state index contributed by atoms with van der Waals surface area (Å²) < 4.78 is 0. The average Bonchev–Trinajstić information content (AvgIpc) is 2.39. The third-order valence-electron chi connectivity index (χ3n) is 3.76. The zero-order chi connectivity index (χ0) is 12.1. The lowest BCUT2D eigenvalue weighted by atomic mass is 9.90. The molecule has 1 aliphatic rings. The van der Waals surface area contributed by atoms with E-state index in [-0.39, 0.29) is 0 Å². The molecular formula is C15H23NSi. The van der Waals surface area contributed by atoms with E-state index in [2.05, 4.69) is 42.0 Å². The summed E-state index contributed by atoms with van der Waals surface area (Å²) in [4.78, 5) is 4.52. The van der Waals surface area contributed by atoms with E-state index in [1.54, 1.807) is 0 Å². The van der Waals surface area contributed by atoms with E-state index in [9.17, 15) is 0 Å². The van der Waals surface area contributed by atoms with E-state index in [1.165, 1.54) is 37.4 Å². The SMILES string of the molecule is C[Si](C)(/C=C/C1CCCCC1)c1ccccn1. The topological polar surface area (TPSA) is 12.9 Å². The molecular weight excluding hydrogens is 222 g/mol. The Hall–Kier alpha value is -0.893. The monoisotopic (exact) mass is 245 g/mol. The molecule has 1 fully saturated rings. The van der Waals surface area contributed by atoms with Gasteiger partial charge in [0.2, 0.25) is 0 Å². The summed E-state index contributed by atoms with van der Waals surface area (Å²) in [6.45, 7) is 4.77. The molecule has 0 unspecified atom stereocenters. The lowest BCUT2D eigenvalue weighted by Crippen LogP contribution is -2.41. The van der Waals surface area contributed by atoms with Crippen LogP contribution in [-0.2, 0) is 0 Å². The van der Waals surface area contributed by atoms with Gasteiger partial charge in [0.15, 0.2) is 0 Å². The predicted molar refractivity (Wildman–Crippen MR) is 77.1 cm³/mol. The van der Waals surface area contributed by atoms with E-state index in [0.29, 0.717) is 0 Å². The van der Waals surface area contributed by atoms with Crippen LogP contribution in [0.5, 0.6) is 0 Å². The number of hydrogen-bond donors (Lipinski definition) is 0. The van der Waals surface area contributed by atoms with Crippen LogP contribution in [0.25, 0.3) is 0 Å². The van der Waals surface area contributed by atoms with Crippen LogP contribution < -0.4 is 5.32 Å². The van der Waals surface area contributed by atoms with Gasteiger partial charge in [-0.05, 0) is 30.9 Å². The number of allylic oxidation sites excluding steroid dienone is 1. The van der Waals surface area contributed by atoms with Gasteiger partial charge < -0.3 is 0 Å². The third-order valence-corrected chi connectivity index (χ3v) is 6.40. The molecule has 2 rings (SSSR count). The molecule has 0 bridgehead atoms. The average molecular weight is 245 g/mol. The first-order chi connectivity index (χ1) is 8.18. The molecule has 0 atom stereocenters. The molecule has 0 amide bonds. The van der Waals surface area contributed by atoms with Gasteiger partial charge in [-0.1, -0.05) is 50.2 Å². The second-order valence-electron chi connectivity index (χ2n) is 5.69. The number of aromatic nitrogens is 1. The maximum Gasteiger partial charge on any atom is 0.127 e. The molecule has 1 aliphatic carbocycles. The molecule has 0 spiro atoms. The van der Waals surface area contributed by atoms with Crippen LogP contribution in [0.4, 0.5) is 0 Å². The van der Waals surface area contributed by atoms with Crippen molar-refractivity contribution < 1.29 is 0 Å². The zero-order valence-electron chi connectivity index (χ0n) is 11.0. The van der Waals surface area contributed by atoms with Gasteiger partial charge in [0.25, 0.3) is 0 Å². The highest BCUT2D eigenvalue weighted by Gasteiger charge is 2.22.